The van der Waals surface area contributed by atoms with Gasteiger partial charge < -0.3 is 15.4 Å². The number of pyridine rings is 1. The number of nitrogens with zero attached hydrogens (tertiary/aromatic N) is 1. The molecule has 0 bridgehead atoms. The molecule has 2 amide bonds. The number of carbonyl (C=O) groups excluding carboxylic acids is 2. The van der Waals surface area contributed by atoms with Crippen LogP contribution in [0.15, 0.2) is 103 Å². The molecule has 1 heterocycles. The van der Waals surface area contributed by atoms with Crippen molar-refractivity contribution in [2.45, 2.75) is 0 Å². The van der Waals surface area contributed by atoms with Gasteiger partial charge in [0.2, 0.25) is 0 Å². The smallest absolute Gasteiger partial charge is 0.255 e. The van der Waals surface area contributed by atoms with E-state index in [1.165, 1.54) is 0 Å². The van der Waals surface area contributed by atoms with Gasteiger partial charge in [-0.15, -0.1) is 0 Å². The minimum Gasteiger partial charge on any atom is -0.457 e. The molecule has 0 aliphatic carbocycles. The minimum absolute atomic E-state index is 0.202. The maximum Gasteiger partial charge on any atom is 0.255 e. The number of benzene rings is 3. The lowest BCUT2D eigenvalue weighted by Crippen LogP contribution is -2.13. The lowest BCUT2D eigenvalue weighted by atomic mass is 10.1. The lowest BCUT2D eigenvalue weighted by Gasteiger charge is -2.09. The highest BCUT2D eigenvalue weighted by Crippen LogP contribution is 2.22. The van der Waals surface area contributed by atoms with Crippen molar-refractivity contribution in [3.63, 3.8) is 0 Å². The van der Waals surface area contributed by atoms with Gasteiger partial charge in [0.15, 0.2) is 0 Å². The van der Waals surface area contributed by atoms with Crippen molar-refractivity contribution in [3.8, 4) is 11.5 Å². The fourth-order valence-electron chi connectivity index (χ4n) is 2.85. The summed E-state index contributed by atoms with van der Waals surface area (Å²) in [6, 6.07) is 26.3. The van der Waals surface area contributed by atoms with E-state index in [2.05, 4.69) is 15.6 Å². The molecule has 2 N–H and O–H groups in total. The summed E-state index contributed by atoms with van der Waals surface area (Å²) in [4.78, 5) is 28.7. The molecule has 1 aromatic heterocycles. The normalized spacial score (nSPS) is 10.2. The first kappa shape index (κ1) is 19.8. The van der Waals surface area contributed by atoms with Crippen molar-refractivity contribution >= 4 is 23.2 Å². The van der Waals surface area contributed by atoms with Crippen LogP contribution >= 0.6 is 0 Å². The van der Waals surface area contributed by atoms with E-state index in [0.29, 0.717) is 34.0 Å². The Morgan fingerprint density at radius 1 is 0.581 bits per heavy atom. The van der Waals surface area contributed by atoms with Crippen LogP contribution in [0, 0.1) is 0 Å². The zero-order valence-electron chi connectivity index (χ0n) is 16.5. The van der Waals surface area contributed by atoms with Crippen molar-refractivity contribution in [2.24, 2.45) is 0 Å². The predicted octanol–water partition coefficient (Wildman–Crippen LogP) is 5.38. The number of hydrogen-bond acceptors (Lipinski definition) is 4. The highest BCUT2D eigenvalue weighted by molar-refractivity contribution is 6.06. The molecular formula is C25H19N3O3. The summed E-state index contributed by atoms with van der Waals surface area (Å²) in [5, 5.41) is 5.66. The van der Waals surface area contributed by atoms with Gasteiger partial charge in [0.25, 0.3) is 11.8 Å². The fraction of sp³-hybridized carbons (Fsp3) is 0. The molecule has 0 atom stereocenters. The summed E-state index contributed by atoms with van der Waals surface area (Å²) >= 11 is 0. The number of hydrogen-bond donors (Lipinski definition) is 2. The van der Waals surface area contributed by atoms with Gasteiger partial charge in [0.05, 0.1) is 0 Å². The second kappa shape index (κ2) is 9.37. The third-order valence-corrected chi connectivity index (χ3v) is 4.44. The Labute approximate surface area is 179 Å². The summed E-state index contributed by atoms with van der Waals surface area (Å²) in [5.41, 5.74) is 2.31. The number of ether oxygens (including phenoxy) is 1. The molecule has 0 aliphatic heterocycles. The first-order valence-corrected chi connectivity index (χ1v) is 9.63. The average molecular weight is 409 g/mol. The molecule has 0 unspecified atom stereocenters. The monoisotopic (exact) mass is 409 g/mol. The third-order valence-electron chi connectivity index (χ3n) is 4.44. The molecule has 0 saturated carbocycles. The maximum absolute atomic E-state index is 12.5. The zero-order valence-corrected chi connectivity index (χ0v) is 16.5. The molecule has 0 fully saturated rings. The average Bonchev–Trinajstić information content (AvgIpc) is 2.82. The van der Waals surface area contributed by atoms with Gasteiger partial charge in [-0.1, -0.05) is 18.2 Å². The van der Waals surface area contributed by atoms with E-state index in [4.69, 9.17) is 4.74 Å². The third kappa shape index (κ3) is 5.33. The van der Waals surface area contributed by atoms with Gasteiger partial charge in [0.1, 0.15) is 11.5 Å². The van der Waals surface area contributed by atoms with E-state index in [1.807, 2.05) is 6.07 Å². The van der Waals surface area contributed by atoms with Crippen LogP contribution in [0.25, 0.3) is 0 Å². The predicted molar refractivity (Wildman–Crippen MR) is 120 cm³/mol. The van der Waals surface area contributed by atoms with Gasteiger partial charge in [-0.2, -0.15) is 0 Å². The van der Waals surface area contributed by atoms with E-state index < -0.39 is 0 Å². The highest BCUT2D eigenvalue weighted by Gasteiger charge is 2.09. The highest BCUT2D eigenvalue weighted by atomic mass is 16.5. The molecule has 6 nitrogen and oxygen atoms in total. The van der Waals surface area contributed by atoms with Gasteiger partial charge in [-0.05, 0) is 72.8 Å². The minimum atomic E-state index is -0.247. The summed E-state index contributed by atoms with van der Waals surface area (Å²) in [7, 11) is 0. The van der Waals surface area contributed by atoms with E-state index in [-0.39, 0.29) is 11.8 Å². The number of nitrogens with one attached hydrogen (secondary N) is 2. The van der Waals surface area contributed by atoms with Crippen LogP contribution in [0.4, 0.5) is 11.4 Å². The van der Waals surface area contributed by atoms with Crippen molar-refractivity contribution in [1.29, 1.82) is 0 Å². The molecule has 4 aromatic rings. The number of aromatic nitrogens is 1. The number of anilines is 2. The molecule has 152 valence electrons. The van der Waals surface area contributed by atoms with Gasteiger partial charge >= 0.3 is 0 Å². The number of rotatable bonds is 6. The van der Waals surface area contributed by atoms with Crippen LogP contribution in [-0.2, 0) is 0 Å². The van der Waals surface area contributed by atoms with Crippen molar-refractivity contribution < 1.29 is 14.3 Å². The first-order chi connectivity index (χ1) is 15.2. The Balaban J connectivity index is 1.34. The molecule has 0 spiro atoms. The van der Waals surface area contributed by atoms with E-state index >= 15 is 0 Å². The quantitative estimate of drug-likeness (QED) is 0.448. The standard InChI is InChI=1S/C25H19N3O3/c29-24(18-4-2-1-3-5-18)27-20-8-6-19(7-9-20)25(30)28-21-10-12-22(13-11-21)31-23-14-16-26-17-15-23/h1-17H,(H,27,29)(H,28,30). The number of carbonyl (C=O) groups is 2. The Morgan fingerprint density at radius 3 is 1.65 bits per heavy atom. The molecule has 0 radical (unpaired) electrons. The van der Waals surface area contributed by atoms with Crippen LogP contribution in [0.3, 0.4) is 0 Å². The molecule has 3 aromatic carbocycles. The molecule has 4 rings (SSSR count). The Hall–Kier alpha value is -4.45. The topological polar surface area (TPSA) is 80.3 Å². The Kier molecular flexibility index (Phi) is 6.00. The maximum atomic E-state index is 12.5. The van der Waals surface area contributed by atoms with E-state index in [9.17, 15) is 9.59 Å². The first-order valence-electron chi connectivity index (χ1n) is 9.63. The van der Waals surface area contributed by atoms with Crippen LogP contribution in [-0.4, -0.2) is 16.8 Å². The Morgan fingerprint density at radius 2 is 1.06 bits per heavy atom. The summed E-state index contributed by atoms with van der Waals surface area (Å²) < 4.78 is 5.71. The summed E-state index contributed by atoms with van der Waals surface area (Å²) in [5.74, 6) is 0.893. The largest absolute Gasteiger partial charge is 0.457 e. The summed E-state index contributed by atoms with van der Waals surface area (Å²) in [6.07, 6.45) is 3.31. The van der Waals surface area contributed by atoms with Gasteiger partial charge in [-0.3, -0.25) is 14.6 Å². The molecule has 6 heteroatoms. The SMILES string of the molecule is O=C(Nc1ccc(C(=O)Nc2ccc(Oc3ccncc3)cc2)cc1)c1ccccc1. The van der Waals surface area contributed by atoms with Crippen molar-refractivity contribution in [3.05, 3.63) is 115 Å². The van der Waals surface area contributed by atoms with E-state index in [1.54, 1.807) is 97.3 Å². The van der Waals surface area contributed by atoms with E-state index in [0.717, 1.165) is 0 Å². The zero-order chi connectivity index (χ0) is 21.5. The fourth-order valence-corrected chi connectivity index (χ4v) is 2.85. The van der Waals surface area contributed by atoms with Crippen LogP contribution in [0.5, 0.6) is 11.5 Å². The number of amides is 2. The molecule has 31 heavy (non-hydrogen) atoms. The van der Waals surface area contributed by atoms with Gasteiger partial charge in [-0.25, -0.2) is 0 Å². The van der Waals surface area contributed by atoms with Crippen LogP contribution < -0.4 is 15.4 Å². The second-order valence-corrected chi connectivity index (χ2v) is 6.66. The van der Waals surface area contributed by atoms with Crippen molar-refractivity contribution in [2.75, 3.05) is 10.6 Å². The second-order valence-electron chi connectivity index (χ2n) is 6.66. The van der Waals surface area contributed by atoms with Crippen LogP contribution in [0.1, 0.15) is 20.7 Å². The molecule has 0 saturated heterocycles. The van der Waals surface area contributed by atoms with Gasteiger partial charge in [0, 0.05) is 34.9 Å². The lowest BCUT2D eigenvalue weighted by molar-refractivity contribution is 0.102. The van der Waals surface area contributed by atoms with Crippen LogP contribution in [0.2, 0.25) is 0 Å². The molecular weight excluding hydrogens is 390 g/mol. The summed E-state index contributed by atoms with van der Waals surface area (Å²) in [6.45, 7) is 0. The molecule has 0 aliphatic rings. The Bertz CT molecular complexity index is 1160. The van der Waals surface area contributed by atoms with Crippen molar-refractivity contribution in [1.82, 2.24) is 4.98 Å².